The van der Waals surface area contributed by atoms with Gasteiger partial charge < -0.3 is 0 Å². The summed E-state index contributed by atoms with van der Waals surface area (Å²) in [6.45, 7) is 8.97. The van der Waals surface area contributed by atoms with Gasteiger partial charge in [-0.3, -0.25) is 14.1 Å². The fourth-order valence-corrected chi connectivity index (χ4v) is 4.43. The molecule has 8 nitrogen and oxygen atoms in total. The van der Waals surface area contributed by atoms with Crippen LogP contribution in [-0.4, -0.2) is 34.7 Å². The zero-order valence-corrected chi connectivity index (χ0v) is 19.7. The molecule has 172 valence electrons. The molecule has 0 aliphatic carbocycles. The van der Waals surface area contributed by atoms with Gasteiger partial charge in [0.1, 0.15) is 0 Å². The third-order valence-corrected chi connectivity index (χ3v) is 6.10. The molecule has 4 aromatic rings. The van der Waals surface area contributed by atoms with Gasteiger partial charge in [0.2, 0.25) is 0 Å². The summed E-state index contributed by atoms with van der Waals surface area (Å²) in [4.78, 5) is 17.5. The Morgan fingerprint density at radius 3 is 2.52 bits per heavy atom. The third-order valence-electron chi connectivity index (χ3n) is 6.10. The molecule has 0 aliphatic heterocycles. The lowest BCUT2D eigenvalue weighted by Gasteiger charge is -2.10. The molecule has 1 aromatic carbocycles. The Hall–Kier alpha value is -3.55. The van der Waals surface area contributed by atoms with Gasteiger partial charge in [-0.1, -0.05) is 44.0 Å². The Kier molecular flexibility index (Phi) is 6.82. The van der Waals surface area contributed by atoms with Crippen LogP contribution in [0.3, 0.4) is 0 Å². The average Bonchev–Trinajstić information content (AvgIpc) is 3.43. The van der Waals surface area contributed by atoms with Crippen LogP contribution in [0, 0.1) is 6.92 Å². The highest BCUT2D eigenvalue weighted by atomic mass is 16.1. The lowest BCUT2D eigenvalue weighted by Crippen LogP contribution is -2.27. The molecule has 8 heteroatoms. The molecule has 0 fully saturated rings. The summed E-state index contributed by atoms with van der Waals surface area (Å²) in [5.74, 6) is 0.602. The molecule has 0 saturated heterocycles. The van der Waals surface area contributed by atoms with Crippen molar-refractivity contribution in [3.05, 3.63) is 70.2 Å². The molecular weight excluding hydrogens is 414 g/mol. The van der Waals surface area contributed by atoms with Crippen LogP contribution in [0.4, 0.5) is 0 Å². The Bertz CT molecular complexity index is 1250. The number of rotatable bonds is 9. The molecule has 0 saturated carbocycles. The number of imidazole rings is 1. The highest BCUT2D eigenvalue weighted by Gasteiger charge is 2.18. The van der Waals surface area contributed by atoms with Gasteiger partial charge in [0, 0.05) is 41.0 Å². The predicted octanol–water partition coefficient (Wildman–Crippen LogP) is 4.56. The summed E-state index contributed by atoms with van der Waals surface area (Å²) in [6.07, 6.45) is 7.90. The van der Waals surface area contributed by atoms with Crippen LogP contribution in [0.2, 0.25) is 0 Å². The minimum Gasteiger partial charge on any atom is -0.294 e. The van der Waals surface area contributed by atoms with Crippen molar-refractivity contribution in [2.45, 2.75) is 66.0 Å². The molecule has 0 unspecified atom stereocenters. The largest absolute Gasteiger partial charge is 0.329 e. The number of aromatic amines is 1. The number of pyridine rings is 1. The van der Waals surface area contributed by atoms with Crippen molar-refractivity contribution in [1.29, 1.82) is 0 Å². The number of hydrogen-bond donors (Lipinski definition) is 1. The lowest BCUT2D eigenvalue weighted by atomic mass is 10.0. The molecule has 3 heterocycles. The minimum atomic E-state index is 0.0745. The Morgan fingerprint density at radius 2 is 1.85 bits per heavy atom. The van der Waals surface area contributed by atoms with Crippen LogP contribution in [0.1, 0.15) is 63.0 Å². The molecule has 0 radical (unpaired) electrons. The van der Waals surface area contributed by atoms with Crippen molar-refractivity contribution in [2.24, 2.45) is 0 Å². The van der Waals surface area contributed by atoms with E-state index in [1.54, 1.807) is 6.20 Å². The number of tetrazole rings is 1. The first-order chi connectivity index (χ1) is 16.0. The summed E-state index contributed by atoms with van der Waals surface area (Å²) in [5, 5.41) is 14.2. The maximum atomic E-state index is 13.2. The Morgan fingerprint density at radius 1 is 1.06 bits per heavy atom. The molecular formula is C25H31N7O. The quantitative estimate of drug-likeness (QED) is 0.381. The van der Waals surface area contributed by atoms with Crippen molar-refractivity contribution in [1.82, 2.24) is 34.7 Å². The van der Waals surface area contributed by atoms with E-state index < -0.39 is 0 Å². The second kappa shape index (κ2) is 9.94. The number of benzene rings is 1. The van der Waals surface area contributed by atoms with Gasteiger partial charge in [-0.05, 0) is 61.2 Å². The van der Waals surface area contributed by atoms with Gasteiger partial charge >= 0.3 is 5.69 Å². The number of unbranched alkanes of at least 4 members (excludes halogenated alkanes) is 2. The van der Waals surface area contributed by atoms with Gasteiger partial charge in [-0.25, -0.2) is 9.89 Å². The van der Waals surface area contributed by atoms with Crippen molar-refractivity contribution >= 4 is 0 Å². The van der Waals surface area contributed by atoms with Crippen molar-refractivity contribution < 1.29 is 0 Å². The summed E-state index contributed by atoms with van der Waals surface area (Å²) in [6, 6.07) is 10.3. The zero-order chi connectivity index (χ0) is 23.4. The predicted molar refractivity (Wildman–Crippen MR) is 129 cm³/mol. The molecule has 0 amide bonds. The molecule has 0 aliphatic rings. The van der Waals surface area contributed by atoms with E-state index in [0.29, 0.717) is 12.4 Å². The first-order valence-corrected chi connectivity index (χ1v) is 11.6. The van der Waals surface area contributed by atoms with E-state index in [-0.39, 0.29) is 11.7 Å². The third kappa shape index (κ3) is 4.65. The summed E-state index contributed by atoms with van der Waals surface area (Å²) in [5.41, 5.74) is 6.26. The normalized spacial score (nSPS) is 11.4. The Labute approximate surface area is 193 Å². The van der Waals surface area contributed by atoms with Crippen LogP contribution >= 0.6 is 0 Å². The van der Waals surface area contributed by atoms with E-state index in [9.17, 15) is 4.79 Å². The van der Waals surface area contributed by atoms with Gasteiger partial charge in [-0.15, -0.1) is 5.10 Å². The van der Waals surface area contributed by atoms with Crippen molar-refractivity contribution in [3.63, 3.8) is 0 Å². The molecule has 0 spiro atoms. The molecule has 0 bridgehead atoms. The molecule has 33 heavy (non-hydrogen) atoms. The standard InChI is InChI=1S/C25H31N7O/c1-5-6-7-8-23-18(4)32(17(2)3)25(33)31(23)16-19-9-11-20(12-10-19)22-15-26-14-13-21(22)24-27-29-30-28-24/h9-15,17H,5-8,16H2,1-4H3,(H,27,28,29,30). The maximum Gasteiger partial charge on any atom is 0.329 e. The van der Waals surface area contributed by atoms with Gasteiger partial charge in [0.05, 0.1) is 6.54 Å². The van der Waals surface area contributed by atoms with Crippen molar-refractivity contribution in [3.8, 4) is 22.5 Å². The van der Waals surface area contributed by atoms with E-state index in [1.807, 2.05) is 21.4 Å². The number of nitrogens with one attached hydrogen (secondary N) is 1. The van der Waals surface area contributed by atoms with E-state index in [2.05, 4.69) is 77.6 Å². The molecule has 1 N–H and O–H groups in total. The van der Waals surface area contributed by atoms with Crippen LogP contribution in [0.5, 0.6) is 0 Å². The highest BCUT2D eigenvalue weighted by Crippen LogP contribution is 2.29. The second-order valence-electron chi connectivity index (χ2n) is 8.69. The summed E-state index contributed by atoms with van der Waals surface area (Å²) < 4.78 is 3.87. The van der Waals surface area contributed by atoms with E-state index >= 15 is 0 Å². The van der Waals surface area contributed by atoms with E-state index in [0.717, 1.165) is 52.9 Å². The van der Waals surface area contributed by atoms with E-state index in [1.165, 1.54) is 6.42 Å². The van der Waals surface area contributed by atoms with Crippen LogP contribution < -0.4 is 5.69 Å². The van der Waals surface area contributed by atoms with Crippen molar-refractivity contribution in [2.75, 3.05) is 0 Å². The molecule has 4 rings (SSSR count). The van der Waals surface area contributed by atoms with Crippen LogP contribution in [-0.2, 0) is 13.0 Å². The van der Waals surface area contributed by atoms with Gasteiger partial charge in [0.25, 0.3) is 0 Å². The fourth-order valence-electron chi connectivity index (χ4n) is 4.43. The van der Waals surface area contributed by atoms with Gasteiger partial charge in [-0.2, -0.15) is 0 Å². The second-order valence-corrected chi connectivity index (χ2v) is 8.69. The number of H-pyrrole nitrogens is 1. The van der Waals surface area contributed by atoms with Gasteiger partial charge in [0.15, 0.2) is 5.82 Å². The average molecular weight is 446 g/mol. The zero-order valence-electron chi connectivity index (χ0n) is 19.7. The van der Waals surface area contributed by atoms with Crippen LogP contribution in [0.25, 0.3) is 22.5 Å². The van der Waals surface area contributed by atoms with E-state index in [4.69, 9.17) is 0 Å². The monoisotopic (exact) mass is 445 g/mol. The summed E-state index contributed by atoms with van der Waals surface area (Å²) >= 11 is 0. The van der Waals surface area contributed by atoms with Crippen LogP contribution in [0.15, 0.2) is 47.5 Å². The summed E-state index contributed by atoms with van der Waals surface area (Å²) in [7, 11) is 0. The highest BCUT2D eigenvalue weighted by molar-refractivity contribution is 5.79. The fraction of sp³-hybridized carbons (Fsp3) is 0.400. The number of nitrogens with zero attached hydrogens (tertiary/aromatic N) is 6. The Balaban J connectivity index is 1.65. The molecule has 0 atom stereocenters. The topological polar surface area (TPSA) is 94.3 Å². The maximum absolute atomic E-state index is 13.2. The first kappa shape index (κ1) is 22.6. The number of aromatic nitrogens is 7. The minimum absolute atomic E-state index is 0.0745. The molecule has 3 aromatic heterocycles. The smallest absolute Gasteiger partial charge is 0.294 e. The number of hydrogen-bond acceptors (Lipinski definition) is 5. The lowest BCUT2D eigenvalue weighted by molar-refractivity contribution is 0.550. The first-order valence-electron chi connectivity index (χ1n) is 11.6. The SMILES string of the molecule is CCCCCc1c(C)n(C(C)C)c(=O)n1Cc1ccc(-c2cnccc2-c2nnn[nH]2)cc1.